The van der Waals surface area contributed by atoms with Crippen molar-refractivity contribution in [2.24, 2.45) is 5.92 Å². The van der Waals surface area contributed by atoms with Crippen LogP contribution in [0, 0.1) is 5.92 Å². The summed E-state index contributed by atoms with van der Waals surface area (Å²) in [5.74, 6) is 1.26. The van der Waals surface area contributed by atoms with Crippen molar-refractivity contribution in [2.45, 2.75) is 19.4 Å². The summed E-state index contributed by atoms with van der Waals surface area (Å²) in [6, 6.07) is 0. The van der Waals surface area contributed by atoms with Gasteiger partial charge in [-0.3, -0.25) is 0 Å². The molecule has 0 aromatic carbocycles. The molecule has 0 rings (SSSR count). The van der Waals surface area contributed by atoms with Gasteiger partial charge in [-0.15, -0.1) is 6.58 Å². The molecule has 0 bridgehead atoms. The zero-order valence-corrected chi connectivity index (χ0v) is 7.53. The van der Waals surface area contributed by atoms with E-state index in [4.69, 9.17) is 0 Å². The fraction of sp³-hybridized carbons (Fsp3) is 0.750. The summed E-state index contributed by atoms with van der Waals surface area (Å²) in [5.41, 5.74) is 0. The van der Waals surface area contributed by atoms with Gasteiger partial charge in [0.25, 0.3) is 0 Å². The topological polar surface area (TPSA) is 20.2 Å². The van der Waals surface area contributed by atoms with E-state index in [1.807, 2.05) is 13.2 Å². The van der Waals surface area contributed by atoms with Crippen molar-refractivity contribution in [3.63, 3.8) is 0 Å². The Morgan fingerprint density at radius 1 is 1.70 bits per heavy atom. The zero-order chi connectivity index (χ0) is 7.98. The van der Waals surface area contributed by atoms with Crippen LogP contribution in [0.4, 0.5) is 0 Å². The first-order chi connectivity index (χ1) is 4.72. The van der Waals surface area contributed by atoms with Crippen LogP contribution in [0.3, 0.4) is 0 Å². The van der Waals surface area contributed by atoms with Crippen molar-refractivity contribution in [2.75, 3.05) is 12.0 Å². The molecule has 0 saturated heterocycles. The van der Waals surface area contributed by atoms with E-state index in [1.165, 1.54) is 0 Å². The number of rotatable bonds is 5. The summed E-state index contributed by atoms with van der Waals surface area (Å²) in [4.78, 5) is 0. The van der Waals surface area contributed by atoms with Crippen molar-refractivity contribution in [1.29, 1.82) is 0 Å². The first-order valence-corrected chi connectivity index (χ1v) is 4.91. The van der Waals surface area contributed by atoms with E-state index >= 15 is 0 Å². The Morgan fingerprint density at radius 2 is 2.30 bits per heavy atom. The molecule has 60 valence electrons. The molecule has 0 aromatic rings. The van der Waals surface area contributed by atoms with E-state index in [0.717, 1.165) is 12.2 Å². The number of hydrogen-bond acceptors (Lipinski definition) is 2. The Bertz CT molecular complexity index is 93.3. The fourth-order valence-corrected chi connectivity index (χ4v) is 1.14. The third kappa shape index (κ3) is 3.96. The summed E-state index contributed by atoms with van der Waals surface area (Å²) in [6.07, 6.45) is 4.51. The lowest BCUT2D eigenvalue weighted by atomic mass is 10.0. The summed E-state index contributed by atoms with van der Waals surface area (Å²) in [5, 5.41) is 9.36. The zero-order valence-electron chi connectivity index (χ0n) is 6.71. The van der Waals surface area contributed by atoms with Gasteiger partial charge in [0, 0.05) is 0 Å². The van der Waals surface area contributed by atoms with Gasteiger partial charge in [-0.05, 0) is 24.3 Å². The predicted octanol–water partition coefficient (Wildman–Crippen LogP) is 1.92. The van der Waals surface area contributed by atoms with Crippen LogP contribution in [-0.2, 0) is 0 Å². The standard InChI is InChI=1S/C8H16OS/c1-4-7(2)8(9)5-6-10-3/h4,7-9H,1,5-6H2,2-3H3/t7-,8+/m0/s1. The van der Waals surface area contributed by atoms with Gasteiger partial charge in [-0.1, -0.05) is 13.0 Å². The van der Waals surface area contributed by atoms with E-state index in [9.17, 15) is 5.11 Å². The van der Waals surface area contributed by atoms with Crippen LogP contribution in [0.25, 0.3) is 0 Å². The van der Waals surface area contributed by atoms with Gasteiger partial charge in [0.15, 0.2) is 0 Å². The molecule has 0 radical (unpaired) electrons. The molecule has 0 unspecified atom stereocenters. The van der Waals surface area contributed by atoms with Gasteiger partial charge in [-0.2, -0.15) is 11.8 Å². The Hall–Kier alpha value is 0.0500. The lowest BCUT2D eigenvalue weighted by molar-refractivity contribution is 0.135. The van der Waals surface area contributed by atoms with Gasteiger partial charge in [0.05, 0.1) is 6.10 Å². The van der Waals surface area contributed by atoms with Gasteiger partial charge in [-0.25, -0.2) is 0 Å². The van der Waals surface area contributed by atoms with Crippen LogP contribution >= 0.6 is 11.8 Å². The molecule has 1 nitrogen and oxygen atoms in total. The van der Waals surface area contributed by atoms with Crippen LogP contribution in [-0.4, -0.2) is 23.2 Å². The lowest BCUT2D eigenvalue weighted by Crippen LogP contribution is -2.15. The maximum absolute atomic E-state index is 9.36. The van der Waals surface area contributed by atoms with Gasteiger partial charge >= 0.3 is 0 Å². The second-order valence-electron chi connectivity index (χ2n) is 2.44. The molecular formula is C8H16OS. The SMILES string of the molecule is C=C[C@H](C)[C@H](O)CCSC. The van der Waals surface area contributed by atoms with Crippen LogP contribution in [0.1, 0.15) is 13.3 Å². The average molecular weight is 160 g/mol. The highest BCUT2D eigenvalue weighted by Gasteiger charge is 2.08. The number of aliphatic hydroxyl groups is 1. The maximum Gasteiger partial charge on any atom is 0.0607 e. The van der Waals surface area contributed by atoms with E-state index in [0.29, 0.717) is 0 Å². The van der Waals surface area contributed by atoms with Crippen LogP contribution in [0.5, 0.6) is 0 Å². The monoisotopic (exact) mass is 160 g/mol. The molecule has 2 atom stereocenters. The summed E-state index contributed by atoms with van der Waals surface area (Å²) in [6.45, 7) is 5.61. The third-order valence-corrected chi connectivity index (χ3v) is 2.24. The Labute approximate surface area is 67.5 Å². The minimum atomic E-state index is -0.204. The second kappa shape index (κ2) is 5.81. The third-order valence-electron chi connectivity index (χ3n) is 1.60. The first kappa shape index (κ1) is 10.0. The van der Waals surface area contributed by atoms with E-state index in [2.05, 4.69) is 6.58 Å². The van der Waals surface area contributed by atoms with Crippen molar-refractivity contribution >= 4 is 11.8 Å². The van der Waals surface area contributed by atoms with Gasteiger partial charge < -0.3 is 5.11 Å². The largest absolute Gasteiger partial charge is 0.392 e. The molecule has 0 aromatic heterocycles. The summed E-state index contributed by atoms with van der Waals surface area (Å²) in [7, 11) is 0. The second-order valence-corrected chi connectivity index (χ2v) is 3.43. The lowest BCUT2D eigenvalue weighted by Gasteiger charge is -2.13. The van der Waals surface area contributed by atoms with Crippen molar-refractivity contribution in [1.82, 2.24) is 0 Å². The quantitative estimate of drug-likeness (QED) is 0.620. The maximum atomic E-state index is 9.36. The number of thioether (sulfide) groups is 1. The van der Waals surface area contributed by atoms with E-state index < -0.39 is 0 Å². The summed E-state index contributed by atoms with van der Waals surface area (Å²) < 4.78 is 0. The van der Waals surface area contributed by atoms with Gasteiger partial charge in [0.1, 0.15) is 0 Å². The van der Waals surface area contributed by atoms with E-state index in [1.54, 1.807) is 17.8 Å². The molecule has 0 aliphatic rings. The summed E-state index contributed by atoms with van der Waals surface area (Å²) >= 11 is 1.76. The molecule has 1 N–H and O–H groups in total. The fourth-order valence-electron chi connectivity index (χ4n) is 0.659. The molecule has 0 amide bonds. The highest BCUT2D eigenvalue weighted by Crippen LogP contribution is 2.09. The van der Waals surface area contributed by atoms with Crippen LogP contribution in [0.2, 0.25) is 0 Å². The molecular weight excluding hydrogens is 144 g/mol. The Kier molecular flexibility index (Phi) is 5.84. The van der Waals surface area contributed by atoms with Crippen molar-refractivity contribution in [3.8, 4) is 0 Å². The molecule has 0 aliphatic carbocycles. The Morgan fingerprint density at radius 3 is 2.70 bits per heavy atom. The highest BCUT2D eigenvalue weighted by molar-refractivity contribution is 7.98. The highest BCUT2D eigenvalue weighted by atomic mass is 32.2. The van der Waals surface area contributed by atoms with Crippen molar-refractivity contribution < 1.29 is 5.11 Å². The number of aliphatic hydroxyl groups excluding tert-OH is 1. The molecule has 0 heterocycles. The minimum absolute atomic E-state index is 0.204. The Balaban J connectivity index is 3.40. The van der Waals surface area contributed by atoms with Crippen molar-refractivity contribution in [3.05, 3.63) is 12.7 Å². The smallest absolute Gasteiger partial charge is 0.0607 e. The minimum Gasteiger partial charge on any atom is -0.392 e. The van der Waals surface area contributed by atoms with Gasteiger partial charge in [0.2, 0.25) is 0 Å². The molecule has 0 spiro atoms. The van der Waals surface area contributed by atoms with E-state index in [-0.39, 0.29) is 12.0 Å². The normalized spacial score (nSPS) is 16.3. The molecule has 0 aliphatic heterocycles. The van der Waals surface area contributed by atoms with Crippen LogP contribution in [0.15, 0.2) is 12.7 Å². The number of hydrogen-bond donors (Lipinski definition) is 1. The molecule has 10 heavy (non-hydrogen) atoms. The van der Waals surface area contributed by atoms with Crippen LogP contribution < -0.4 is 0 Å². The predicted molar refractivity (Wildman–Crippen MR) is 48.4 cm³/mol. The molecule has 2 heteroatoms. The first-order valence-electron chi connectivity index (χ1n) is 3.52. The molecule has 0 fully saturated rings. The average Bonchev–Trinajstić information content (AvgIpc) is 1.98. The molecule has 0 saturated carbocycles.